The Balaban J connectivity index is 2.38. The van der Waals surface area contributed by atoms with Gasteiger partial charge in [0, 0.05) is 25.3 Å². The molecule has 5 nitrogen and oxygen atoms in total. The van der Waals surface area contributed by atoms with Crippen molar-refractivity contribution in [1.29, 1.82) is 0 Å². The van der Waals surface area contributed by atoms with Crippen molar-refractivity contribution < 1.29 is 13.2 Å². The number of carbonyl (C=O) groups excluding carboxylic acids is 1. The van der Waals surface area contributed by atoms with E-state index in [-0.39, 0.29) is 10.8 Å². The number of hydrogen-bond donors (Lipinski definition) is 1. The van der Waals surface area contributed by atoms with Crippen LogP contribution in [0.25, 0.3) is 0 Å². The zero-order valence-corrected chi connectivity index (χ0v) is 15.4. The Bertz CT molecular complexity index is 887. The smallest absolute Gasteiger partial charge is 0.255 e. The van der Waals surface area contributed by atoms with Crippen molar-refractivity contribution in [3.8, 4) is 0 Å². The number of aryl methyl sites for hydroxylation is 2. The van der Waals surface area contributed by atoms with Gasteiger partial charge in [-0.2, -0.15) is 0 Å². The SMILES string of the molecule is Cc1ccc(NC(=O)c2cccc(C)c2C)cc1S(=O)(=O)N(C)C. The standard InChI is InChI=1S/C18H22N2O3S/c1-12-7-6-8-16(14(12)3)18(21)19-15-10-9-13(2)17(11-15)24(22,23)20(4)5/h6-11H,1-5H3,(H,19,21). The predicted octanol–water partition coefficient (Wildman–Crippen LogP) is 3.11. The van der Waals surface area contributed by atoms with Gasteiger partial charge in [-0.3, -0.25) is 4.79 Å². The molecule has 0 aromatic heterocycles. The fourth-order valence-corrected chi connectivity index (χ4v) is 3.49. The molecule has 0 aliphatic rings. The maximum atomic E-state index is 12.5. The highest BCUT2D eigenvalue weighted by molar-refractivity contribution is 7.89. The van der Waals surface area contributed by atoms with Gasteiger partial charge in [0.2, 0.25) is 10.0 Å². The molecule has 0 fully saturated rings. The lowest BCUT2D eigenvalue weighted by molar-refractivity contribution is 0.102. The number of nitrogens with zero attached hydrogens (tertiary/aromatic N) is 1. The van der Waals surface area contributed by atoms with Crippen LogP contribution in [0.2, 0.25) is 0 Å². The summed E-state index contributed by atoms with van der Waals surface area (Å²) in [5, 5.41) is 2.78. The van der Waals surface area contributed by atoms with Gasteiger partial charge in [-0.15, -0.1) is 0 Å². The van der Waals surface area contributed by atoms with Gasteiger partial charge in [0.1, 0.15) is 0 Å². The van der Waals surface area contributed by atoms with Gasteiger partial charge in [0.05, 0.1) is 4.90 Å². The third-order valence-corrected chi connectivity index (χ3v) is 6.01. The molecule has 0 aliphatic heterocycles. The lowest BCUT2D eigenvalue weighted by Gasteiger charge is -2.15. The maximum absolute atomic E-state index is 12.5. The van der Waals surface area contributed by atoms with Crippen molar-refractivity contribution in [3.05, 3.63) is 58.7 Å². The van der Waals surface area contributed by atoms with Gasteiger partial charge >= 0.3 is 0 Å². The molecule has 0 atom stereocenters. The number of hydrogen-bond acceptors (Lipinski definition) is 3. The minimum absolute atomic E-state index is 0.186. The van der Waals surface area contributed by atoms with Crippen molar-refractivity contribution in [2.75, 3.05) is 19.4 Å². The third kappa shape index (κ3) is 3.49. The molecule has 128 valence electrons. The van der Waals surface area contributed by atoms with E-state index in [0.29, 0.717) is 16.8 Å². The molecular formula is C18H22N2O3S. The van der Waals surface area contributed by atoms with Gasteiger partial charge < -0.3 is 5.32 Å². The van der Waals surface area contributed by atoms with Gasteiger partial charge in [0.25, 0.3) is 5.91 Å². The normalized spacial score (nSPS) is 11.6. The summed E-state index contributed by atoms with van der Waals surface area (Å²) in [6, 6.07) is 10.4. The van der Waals surface area contributed by atoms with Crippen LogP contribution in [-0.2, 0) is 10.0 Å². The quantitative estimate of drug-likeness (QED) is 0.925. The molecule has 0 spiro atoms. The average molecular weight is 346 g/mol. The topological polar surface area (TPSA) is 66.5 Å². The number of carbonyl (C=O) groups is 1. The van der Waals surface area contributed by atoms with Crippen LogP contribution < -0.4 is 5.32 Å². The van der Waals surface area contributed by atoms with Crippen molar-refractivity contribution in [1.82, 2.24) is 4.31 Å². The van der Waals surface area contributed by atoms with Crippen LogP contribution in [0.15, 0.2) is 41.3 Å². The summed E-state index contributed by atoms with van der Waals surface area (Å²) in [7, 11) is -0.599. The Morgan fingerprint density at radius 1 is 1.00 bits per heavy atom. The third-order valence-electron chi connectivity index (χ3n) is 4.05. The molecule has 0 saturated carbocycles. The van der Waals surface area contributed by atoms with Gasteiger partial charge in [-0.1, -0.05) is 18.2 Å². The minimum Gasteiger partial charge on any atom is -0.322 e. The first-order valence-corrected chi connectivity index (χ1v) is 8.99. The van der Waals surface area contributed by atoms with Crippen LogP contribution in [0.3, 0.4) is 0 Å². The van der Waals surface area contributed by atoms with E-state index in [2.05, 4.69) is 5.32 Å². The number of anilines is 1. The predicted molar refractivity (Wildman–Crippen MR) is 95.9 cm³/mol. The monoisotopic (exact) mass is 346 g/mol. The van der Waals surface area contributed by atoms with Crippen LogP contribution in [0, 0.1) is 20.8 Å². The van der Waals surface area contributed by atoms with Crippen LogP contribution in [0.4, 0.5) is 5.69 Å². The fraction of sp³-hybridized carbons (Fsp3) is 0.278. The van der Waals surface area contributed by atoms with Crippen LogP contribution >= 0.6 is 0 Å². The fourth-order valence-electron chi connectivity index (χ4n) is 2.35. The number of rotatable bonds is 4. The highest BCUT2D eigenvalue weighted by Crippen LogP contribution is 2.23. The van der Waals surface area contributed by atoms with Gasteiger partial charge in [-0.05, 0) is 55.7 Å². The summed E-state index contributed by atoms with van der Waals surface area (Å²) in [5.74, 6) is -0.256. The second-order valence-corrected chi connectivity index (χ2v) is 8.09. The van der Waals surface area contributed by atoms with Crippen LogP contribution in [0.5, 0.6) is 0 Å². The molecule has 24 heavy (non-hydrogen) atoms. The first-order valence-electron chi connectivity index (χ1n) is 7.55. The molecule has 0 bridgehead atoms. The van der Waals surface area contributed by atoms with Crippen LogP contribution in [0.1, 0.15) is 27.0 Å². The van der Waals surface area contributed by atoms with E-state index < -0.39 is 10.0 Å². The second-order valence-electron chi connectivity index (χ2n) is 5.97. The molecule has 0 aliphatic carbocycles. The largest absolute Gasteiger partial charge is 0.322 e. The molecule has 0 heterocycles. The molecule has 0 radical (unpaired) electrons. The number of benzene rings is 2. The molecule has 2 aromatic carbocycles. The highest BCUT2D eigenvalue weighted by atomic mass is 32.2. The van der Waals surface area contributed by atoms with E-state index in [1.165, 1.54) is 20.2 Å². The Labute approximate surface area is 143 Å². The molecule has 1 amide bonds. The molecule has 0 saturated heterocycles. The molecular weight excluding hydrogens is 324 g/mol. The zero-order chi connectivity index (χ0) is 18.1. The number of nitrogens with one attached hydrogen (secondary N) is 1. The summed E-state index contributed by atoms with van der Waals surface area (Å²) in [5.41, 5.74) is 3.60. The Kier molecular flexibility index (Phi) is 5.11. The van der Waals surface area contributed by atoms with Crippen molar-refractivity contribution in [2.24, 2.45) is 0 Å². The summed E-state index contributed by atoms with van der Waals surface area (Å²) in [6.07, 6.45) is 0. The summed E-state index contributed by atoms with van der Waals surface area (Å²) >= 11 is 0. The Morgan fingerprint density at radius 3 is 2.29 bits per heavy atom. The van der Waals surface area contributed by atoms with Gasteiger partial charge in [0.15, 0.2) is 0 Å². The molecule has 6 heteroatoms. The van der Waals surface area contributed by atoms with E-state index in [1.54, 1.807) is 25.1 Å². The molecule has 0 unspecified atom stereocenters. The van der Waals surface area contributed by atoms with E-state index in [4.69, 9.17) is 0 Å². The summed E-state index contributed by atoms with van der Waals surface area (Å²) < 4.78 is 25.9. The Hall–Kier alpha value is -2.18. The van der Waals surface area contributed by atoms with Crippen molar-refractivity contribution >= 4 is 21.6 Å². The van der Waals surface area contributed by atoms with E-state index >= 15 is 0 Å². The van der Waals surface area contributed by atoms with E-state index in [1.807, 2.05) is 26.0 Å². The zero-order valence-electron chi connectivity index (χ0n) is 14.5. The van der Waals surface area contributed by atoms with E-state index in [9.17, 15) is 13.2 Å². The average Bonchev–Trinajstić information content (AvgIpc) is 2.51. The second kappa shape index (κ2) is 6.75. The van der Waals surface area contributed by atoms with E-state index in [0.717, 1.165) is 15.4 Å². The first-order chi connectivity index (χ1) is 11.1. The molecule has 2 aromatic rings. The first kappa shape index (κ1) is 18.2. The summed E-state index contributed by atoms with van der Waals surface area (Å²) in [6.45, 7) is 5.56. The van der Waals surface area contributed by atoms with Crippen molar-refractivity contribution in [2.45, 2.75) is 25.7 Å². The number of amides is 1. The van der Waals surface area contributed by atoms with Gasteiger partial charge in [-0.25, -0.2) is 12.7 Å². The van der Waals surface area contributed by atoms with Crippen molar-refractivity contribution in [3.63, 3.8) is 0 Å². The molecule has 1 N–H and O–H groups in total. The Morgan fingerprint density at radius 2 is 1.67 bits per heavy atom. The van der Waals surface area contributed by atoms with Crippen LogP contribution in [-0.4, -0.2) is 32.7 Å². The lowest BCUT2D eigenvalue weighted by Crippen LogP contribution is -2.23. The minimum atomic E-state index is -3.56. The maximum Gasteiger partial charge on any atom is 0.255 e. The highest BCUT2D eigenvalue weighted by Gasteiger charge is 2.20. The molecule has 2 rings (SSSR count). The summed E-state index contributed by atoms with van der Waals surface area (Å²) in [4.78, 5) is 12.7. The lowest BCUT2D eigenvalue weighted by atomic mass is 10.0. The number of sulfonamides is 1.